The monoisotopic (exact) mass is 276 g/mol. The predicted molar refractivity (Wildman–Crippen MR) is 73.2 cm³/mol. The van der Waals surface area contributed by atoms with Gasteiger partial charge in [-0.3, -0.25) is 9.00 Å². The molecule has 0 aliphatic carbocycles. The number of benzene rings is 2. The summed E-state index contributed by atoms with van der Waals surface area (Å²) >= 11 is 0. The van der Waals surface area contributed by atoms with E-state index in [2.05, 4.69) is 0 Å². The smallest absolute Gasteiger partial charge is 0.175 e. The lowest BCUT2D eigenvalue weighted by Gasteiger charge is -2.03. The number of hydrogen-bond acceptors (Lipinski definition) is 2. The molecule has 1 atom stereocenters. The fraction of sp³-hybridized carbons (Fsp3) is 0.133. The average molecular weight is 276 g/mol. The molecule has 0 fully saturated rings. The maximum atomic E-state index is 13.4. The van der Waals surface area contributed by atoms with Crippen molar-refractivity contribution in [3.05, 3.63) is 65.5 Å². The molecule has 0 saturated heterocycles. The molecule has 19 heavy (non-hydrogen) atoms. The van der Waals surface area contributed by atoms with Gasteiger partial charge in [-0.05, 0) is 19.1 Å². The van der Waals surface area contributed by atoms with E-state index in [0.29, 0.717) is 5.56 Å². The topological polar surface area (TPSA) is 34.1 Å². The first kappa shape index (κ1) is 13.6. The molecular formula is C15H13FO2S. The van der Waals surface area contributed by atoms with Crippen LogP contribution in [0.4, 0.5) is 4.39 Å². The Kier molecular flexibility index (Phi) is 4.22. The fourth-order valence-electron chi connectivity index (χ4n) is 1.65. The summed E-state index contributed by atoms with van der Waals surface area (Å²) in [5, 5.41) is 0. The molecule has 4 heteroatoms. The summed E-state index contributed by atoms with van der Waals surface area (Å²) in [5.41, 5.74) is 1.54. The van der Waals surface area contributed by atoms with Gasteiger partial charge in [-0.15, -0.1) is 0 Å². The lowest BCUT2D eigenvalue weighted by atomic mass is 10.1. The van der Waals surface area contributed by atoms with E-state index < -0.39 is 16.6 Å². The molecule has 0 aromatic heterocycles. The normalized spacial score (nSPS) is 12.1. The first-order valence-corrected chi connectivity index (χ1v) is 7.12. The van der Waals surface area contributed by atoms with Crippen LogP contribution in [0.5, 0.6) is 0 Å². The van der Waals surface area contributed by atoms with E-state index in [1.165, 1.54) is 18.2 Å². The molecule has 0 radical (unpaired) electrons. The van der Waals surface area contributed by atoms with E-state index in [1.54, 1.807) is 18.2 Å². The van der Waals surface area contributed by atoms with Crippen LogP contribution in [-0.4, -0.2) is 15.7 Å². The van der Waals surface area contributed by atoms with Crippen molar-refractivity contribution in [2.45, 2.75) is 11.8 Å². The van der Waals surface area contributed by atoms with Gasteiger partial charge >= 0.3 is 0 Å². The molecule has 2 aromatic rings. The molecule has 0 heterocycles. The van der Waals surface area contributed by atoms with Crippen molar-refractivity contribution < 1.29 is 13.4 Å². The fourth-order valence-corrected chi connectivity index (χ4v) is 2.73. The number of Topliss-reactive ketones (excluding diaryl/α,β-unsaturated/α-hetero) is 1. The van der Waals surface area contributed by atoms with E-state index in [-0.39, 0.29) is 16.4 Å². The third-order valence-corrected chi connectivity index (χ3v) is 4.06. The first-order valence-electron chi connectivity index (χ1n) is 5.80. The van der Waals surface area contributed by atoms with Crippen molar-refractivity contribution in [2.75, 3.05) is 5.75 Å². The standard InChI is InChI=1S/C15H13FO2S/c1-11-6-8-12(9-7-11)14(17)10-19(18)15-5-3-2-4-13(15)16/h2-9H,10H2,1H3. The Balaban J connectivity index is 2.13. The molecule has 1 unspecified atom stereocenters. The quantitative estimate of drug-likeness (QED) is 0.804. The number of carbonyl (C=O) groups excluding carboxylic acids is 1. The van der Waals surface area contributed by atoms with Crippen molar-refractivity contribution >= 4 is 16.6 Å². The van der Waals surface area contributed by atoms with Gasteiger partial charge in [0.2, 0.25) is 0 Å². The van der Waals surface area contributed by atoms with Crippen molar-refractivity contribution in [3.63, 3.8) is 0 Å². The summed E-state index contributed by atoms with van der Waals surface area (Å²) in [6, 6.07) is 12.8. The Hall–Kier alpha value is -1.81. The third kappa shape index (κ3) is 3.35. The summed E-state index contributed by atoms with van der Waals surface area (Å²) in [6.45, 7) is 1.92. The second-order valence-electron chi connectivity index (χ2n) is 4.21. The molecule has 98 valence electrons. The molecule has 2 aromatic carbocycles. The Bertz CT molecular complexity index is 620. The van der Waals surface area contributed by atoms with E-state index in [9.17, 15) is 13.4 Å². The number of ketones is 1. The van der Waals surface area contributed by atoms with Gasteiger partial charge in [0.15, 0.2) is 5.78 Å². The number of rotatable bonds is 4. The number of aryl methyl sites for hydroxylation is 1. The Labute approximate surface area is 113 Å². The van der Waals surface area contributed by atoms with Crippen LogP contribution in [0.2, 0.25) is 0 Å². The highest BCUT2D eigenvalue weighted by Crippen LogP contribution is 2.13. The zero-order valence-electron chi connectivity index (χ0n) is 10.4. The second-order valence-corrected chi connectivity index (χ2v) is 5.63. The highest BCUT2D eigenvalue weighted by Gasteiger charge is 2.14. The molecule has 0 saturated carbocycles. The van der Waals surface area contributed by atoms with Gasteiger partial charge in [-0.1, -0.05) is 42.0 Å². The first-order chi connectivity index (χ1) is 9.08. The molecule has 0 amide bonds. The van der Waals surface area contributed by atoms with Crippen LogP contribution >= 0.6 is 0 Å². The maximum absolute atomic E-state index is 13.4. The number of hydrogen-bond donors (Lipinski definition) is 0. The second kappa shape index (κ2) is 5.89. The van der Waals surface area contributed by atoms with Crippen LogP contribution in [-0.2, 0) is 10.8 Å². The molecule has 0 bridgehead atoms. The summed E-state index contributed by atoms with van der Waals surface area (Å²) in [7, 11) is -1.66. The van der Waals surface area contributed by atoms with Gasteiger partial charge in [-0.2, -0.15) is 0 Å². The van der Waals surface area contributed by atoms with Gasteiger partial charge in [-0.25, -0.2) is 4.39 Å². The predicted octanol–water partition coefficient (Wildman–Crippen LogP) is 3.12. The number of halogens is 1. The van der Waals surface area contributed by atoms with E-state index in [0.717, 1.165) is 5.56 Å². The van der Waals surface area contributed by atoms with Crippen LogP contribution in [0.25, 0.3) is 0 Å². The molecular weight excluding hydrogens is 263 g/mol. The van der Waals surface area contributed by atoms with E-state index >= 15 is 0 Å². The highest BCUT2D eigenvalue weighted by molar-refractivity contribution is 7.85. The summed E-state index contributed by atoms with van der Waals surface area (Å²) in [6.07, 6.45) is 0. The van der Waals surface area contributed by atoms with Gasteiger partial charge < -0.3 is 0 Å². The van der Waals surface area contributed by atoms with E-state index in [4.69, 9.17) is 0 Å². The molecule has 0 spiro atoms. The van der Waals surface area contributed by atoms with Crippen LogP contribution in [0.3, 0.4) is 0 Å². The van der Waals surface area contributed by atoms with Crippen LogP contribution in [0.15, 0.2) is 53.4 Å². The van der Waals surface area contributed by atoms with E-state index in [1.807, 2.05) is 19.1 Å². The largest absolute Gasteiger partial charge is 0.293 e. The zero-order valence-corrected chi connectivity index (χ0v) is 11.2. The average Bonchev–Trinajstić information content (AvgIpc) is 2.39. The third-order valence-electron chi connectivity index (χ3n) is 2.72. The van der Waals surface area contributed by atoms with Crippen molar-refractivity contribution in [2.24, 2.45) is 0 Å². The number of carbonyl (C=O) groups is 1. The minimum Gasteiger partial charge on any atom is -0.293 e. The molecule has 0 aliphatic rings. The van der Waals surface area contributed by atoms with Gasteiger partial charge in [0.25, 0.3) is 0 Å². The molecule has 0 aliphatic heterocycles. The minimum absolute atomic E-state index is 0.0722. The van der Waals surface area contributed by atoms with Crippen molar-refractivity contribution in [3.8, 4) is 0 Å². The zero-order chi connectivity index (χ0) is 13.8. The minimum atomic E-state index is -1.66. The Morgan fingerprint density at radius 2 is 1.74 bits per heavy atom. The molecule has 0 N–H and O–H groups in total. The molecule has 2 nitrogen and oxygen atoms in total. The van der Waals surface area contributed by atoms with Crippen LogP contribution in [0.1, 0.15) is 15.9 Å². The SMILES string of the molecule is Cc1ccc(C(=O)CS(=O)c2ccccc2F)cc1. The van der Waals surface area contributed by atoms with Crippen molar-refractivity contribution in [1.82, 2.24) is 0 Å². The van der Waals surface area contributed by atoms with Gasteiger partial charge in [0, 0.05) is 5.56 Å². The Morgan fingerprint density at radius 1 is 1.11 bits per heavy atom. The summed E-state index contributed by atoms with van der Waals surface area (Å²) in [4.78, 5) is 12.0. The maximum Gasteiger partial charge on any atom is 0.175 e. The van der Waals surface area contributed by atoms with Crippen LogP contribution in [0, 0.1) is 12.7 Å². The van der Waals surface area contributed by atoms with Gasteiger partial charge in [0.05, 0.1) is 21.4 Å². The highest BCUT2D eigenvalue weighted by atomic mass is 32.2. The van der Waals surface area contributed by atoms with Gasteiger partial charge in [0.1, 0.15) is 5.82 Å². The molecule has 2 rings (SSSR count). The Morgan fingerprint density at radius 3 is 2.37 bits per heavy atom. The van der Waals surface area contributed by atoms with Crippen molar-refractivity contribution in [1.29, 1.82) is 0 Å². The summed E-state index contributed by atoms with van der Waals surface area (Å²) in [5.74, 6) is -0.997. The lowest BCUT2D eigenvalue weighted by Crippen LogP contribution is -2.12. The lowest BCUT2D eigenvalue weighted by molar-refractivity contribution is 0.102. The summed E-state index contributed by atoms with van der Waals surface area (Å²) < 4.78 is 25.4. The van der Waals surface area contributed by atoms with Crippen LogP contribution < -0.4 is 0 Å².